The highest BCUT2D eigenvalue weighted by Gasteiger charge is 2.38. The largest absolute Gasteiger partial charge is 0.395 e. The van der Waals surface area contributed by atoms with Crippen LogP contribution in [0.5, 0.6) is 0 Å². The van der Waals surface area contributed by atoms with Crippen LogP contribution in [-0.2, 0) is 4.79 Å². The number of nitrogen functional groups attached to an aromatic ring is 1. The third-order valence-electron chi connectivity index (χ3n) is 7.34. The number of carbonyl (C=O) groups is 3. The third kappa shape index (κ3) is 5.12. The van der Waals surface area contributed by atoms with Gasteiger partial charge in [0, 0.05) is 34.4 Å². The zero-order valence-electron chi connectivity index (χ0n) is 21.9. The van der Waals surface area contributed by atoms with Crippen LogP contribution in [0.1, 0.15) is 82.8 Å². The van der Waals surface area contributed by atoms with Crippen molar-refractivity contribution in [2.24, 2.45) is 5.73 Å². The number of nitrogens with zero attached hydrogens (tertiary/aromatic N) is 2. The van der Waals surface area contributed by atoms with Crippen molar-refractivity contribution in [2.45, 2.75) is 57.5 Å². The molecular formula is C29H32N6O3S. The van der Waals surface area contributed by atoms with E-state index < -0.39 is 17.9 Å². The molecule has 39 heavy (non-hydrogen) atoms. The van der Waals surface area contributed by atoms with E-state index in [0.29, 0.717) is 11.3 Å². The number of H-pyrrole nitrogens is 1. The van der Waals surface area contributed by atoms with Gasteiger partial charge in [-0.25, -0.2) is 0 Å². The molecule has 0 aliphatic heterocycles. The van der Waals surface area contributed by atoms with Crippen molar-refractivity contribution in [3.05, 3.63) is 76.4 Å². The fourth-order valence-electron chi connectivity index (χ4n) is 5.21. The molecule has 0 unspecified atom stereocenters. The van der Waals surface area contributed by atoms with Crippen LogP contribution in [-0.4, -0.2) is 33.1 Å². The molecule has 5 rings (SSSR count). The molecule has 0 bridgehead atoms. The minimum absolute atomic E-state index is 0.0420. The summed E-state index contributed by atoms with van der Waals surface area (Å²) >= 11 is 0.800. The van der Waals surface area contributed by atoms with Gasteiger partial charge in [0.25, 0.3) is 11.8 Å². The average Bonchev–Trinajstić information content (AvgIpc) is 3.67. The average molecular weight is 545 g/mol. The first kappa shape index (κ1) is 26.4. The lowest BCUT2D eigenvalue weighted by Crippen LogP contribution is -2.46. The van der Waals surface area contributed by atoms with E-state index in [0.717, 1.165) is 53.7 Å². The third-order valence-corrected chi connectivity index (χ3v) is 8.19. The Hall–Kier alpha value is -4.18. The second-order valence-corrected chi connectivity index (χ2v) is 11.0. The molecule has 4 aromatic rings. The lowest BCUT2D eigenvalue weighted by Gasteiger charge is -2.32. The van der Waals surface area contributed by atoms with Crippen LogP contribution in [0.2, 0.25) is 0 Å². The summed E-state index contributed by atoms with van der Waals surface area (Å²) in [5.41, 5.74) is 14.5. The highest BCUT2D eigenvalue weighted by atomic mass is 32.1. The number of amides is 3. The second kappa shape index (κ2) is 10.9. The van der Waals surface area contributed by atoms with Gasteiger partial charge in [0.1, 0.15) is 10.9 Å². The number of hydrogen-bond acceptors (Lipinski definition) is 6. The van der Waals surface area contributed by atoms with Gasteiger partial charge in [0.05, 0.1) is 5.69 Å². The zero-order valence-corrected chi connectivity index (χ0v) is 22.8. The molecule has 10 heteroatoms. The van der Waals surface area contributed by atoms with Crippen molar-refractivity contribution in [3.8, 4) is 0 Å². The molecule has 202 valence electrons. The van der Waals surface area contributed by atoms with Crippen molar-refractivity contribution in [3.63, 3.8) is 0 Å². The summed E-state index contributed by atoms with van der Waals surface area (Å²) < 4.78 is 4.04. The molecule has 1 atom stereocenters. The Labute approximate surface area is 230 Å². The summed E-state index contributed by atoms with van der Waals surface area (Å²) in [7, 11) is 0. The summed E-state index contributed by atoms with van der Waals surface area (Å²) in [5.74, 6) is -1.35. The number of benzene rings is 2. The molecule has 3 amide bonds. The lowest BCUT2D eigenvalue weighted by atomic mass is 9.99. The fourth-order valence-corrected chi connectivity index (χ4v) is 5.95. The summed E-state index contributed by atoms with van der Waals surface area (Å²) in [4.78, 5) is 45.1. The summed E-state index contributed by atoms with van der Waals surface area (Å²) in [6.45, 7) is 4.18. The Balaban J connectivity index is 1.68. The SMILES string of the molecule is CC(C)c1ccc(N(C(=O)c2snc(C(N)=O)c2N)[C@@H](C(=O)NC2CCCC2)c2c[nH]c3ccccc23)cc1. The van der Waals surface area contributed by atoms with E-state index in [1.54, 1.807) is 6.20 Å². The number of nitrogens with one attached hydrogen (secondary N) is 2. The van der Waals surface area contributed by atoms with E-state index in [4.69, 9.17) is 11.5 Å². The molecule has 9 nitrogen and oxygen atoms in total. The quantitative estimate of drug-likeness (QED) is 0.250. The number of rotatable bonds is 8. The molecule has 1 aliphatic carbocycles. The first-order valence-corrected chi connectivity index (χ1v) is 13.9. The highest BCUT2D eigenvalue weighted by molar-refractivity contribution is 7.09. The van der Waals surface area contributed by atoms with Crippen LogP contribution in [0.3, 0.4) is 0 Å². The van der Waals surface area contributed by atoms with Crippen LogP contribution in [0.25, 0.3) is 10.9 Å². The minimum atomic E-state index is -1.02. The van der Waals surface area contributed by atoms with Crippen molar-refractivity contribution in [1.29, 1.82) is 0 Å². The molecule has 0 saturated heterocycles. The maximum atomic E-state index is 14.3. The van der Waals surface area contributed by atoms with Crippen molar-refractivity contribution in [1.82, 2.24) is 14.7 Å². The molecule has 0 radical (unpaired) electrons. The molecule has 2 aromatic heterocycles. The van der Waals surface area contributed by atoms with Gasteiger partial charge in [-0.3, -0.25) is 19.3 Å². The monoisotopic (exact) mass is 544 g/mol. The van der Waals surface area contributed by atoms with E-state index >= 15 is 0 Å². The van der Waals surface area contributed by atoms with Crippen LogP contribution in [0.15, 0.2) is 54.7 Å². The van der Waals surface area contributed by atoms with Gasteiger partial charge in [-0.2, -0.15) is 4.37 Å². The van der Waals surface area contributed by atoms with Gasteiger partial charge in [-0.1, -0.05) is 57.0 Å². The smallest absolute Gasteiger partial charge is 0.273 e. The fraction of sp³-hybridized carbons (Fsp3) is 0.310. The number of aromatic amines is 1. The summed E-state index contributed by atoms with van der Waals surface area (Å²) in [5, 5.41) is 4.02. The maximum absolute atomic E-state index is 14.3. The van der Waals surface area contributed by atoms with E-state index in [2.05, 4.69) is 28.5 Å². The normalized spacial score (nSPS) is 14.5. The molecule has 6 N–H and O–H groups in total. The lowest BCUT2D eigenvalue weighted by molar-refractivity contribution is -0.123. The Kier molecular flexibility index (Phi) is 7.38. The molecule has 2 aromatic carbocycles. The van der Waals surface area contributed by atoms with Crippen LogP contribution < -0.4 is 21.7 Å². The number of primary amides is 1. The molecular weight excluding hydrogens is 512 g/mol. The first-order chi connectivity index (χ1) is 18.8. The topological polar surface area (TPSA) is 147 Å². The summed E-state index contributed by atoms with van der Waals surface area (Å²) in [6, 6.07) is 14.3. The van der Waals surface area contributed by atoms with Crippen LogP contribution >= 0.6 is 11.5 Å². The van der Waals surface area contributed by atoms with Gasteiger partial charge in [-0.05, 0) is 54.1 Å². The van der Waals surface area contributed by atoms with E-state index in [9.17, 15) is 14.4 Å². The van der Waals surface area contributed by atoms with Crippen LogP contribution in [0, 0.1) is 0 Å². The maximum Gasteiger partial charge on any atom is 0.273 e. The Morgan fingerprint density at radius 1 is 1.08 bits per heavy atom. The Morgan fingerprint density at radius 3 is 2.41 bits per heavy atom. The standard InChI is InChI=1S/C29H32N6O3S/c1-16(2)17-11-13-19(14-12-17)35(29(38)26-23(30)24(27(31)36)34-39-26)25(28(37)33-18-7-3-4-8-18)21-15-32-22-10-6-5-9-20(21)22/h5-6,9-16,18,25,32H,3-4,7-8,30H2,1-2H3,(H2,31,36)(H,33,37)/t25-/m1/s1. The van der Waals surface area contributed by atoms with Crippen molar-refractivity contribution >= 4 is 51.5 Å². The number of carbonyl (C=O) groups excluding carboxylic acids is 3. The predicted octanol–water partition coefficient (Wildman–Crippen LogP) is 4.88. The predicted molar refractivity (Wildman–Crippen MR) is 154 cm³/mol. The van der Waals surface area contributed by atoms with Gasteiger partial charge in [0.2, 0.25) is 5.91 Å². The molecule has 1 fully saturated rings. The molecule has 1 saturated carbocycles. The number of hydrogen-bond donors (Lipinski definition) is 4. The first-order valence-electron chi connectivity index (χ1n) is 13.1. The number of anilines is 2. The minimum Gasteiger partial charge on any atom is -0.395 e. The van der Waals surface area contributed by atoms with Gasteiger partial charge in [0.15, 0.2) is 5.69 Å². The summed E-state index contributed by atoms with van der Waals surface area (Å²) in [6.07, 6.45) is 5.67. The van der Waals surface area contributed by atoms with Gasteiger partial charge >= 0.3 is 0 Å². The number of nitrogens with two attached hydrogens (primary N) is 2. The second-order valence-electron chi connectivity index (χ2n) is 10.2. The van der Waals surface area contributed by atoms with Crippen molar-refractivity contribution in [2.75, 3.05) is 10.6 Å². The molecule has 0 spiro atoms. The van der Waals surface area contributed by atoms with Gasteiger partial charge in [-0.15, -0.1) is 0 Å². The Morgan fingerprint density at radius 2 is 1.77 bits per heavy atom. The van der Waals surface area contributed by atoms with E-state index in [1.807, 2.05) is 48.5 Å². The Bertz CT molecular complexity index is 1520. The van der Waals surface area contributed by atoms with Crippen LogP contribution in [0.4, 0.5) is 11.4 Å². The van der Waals surface area contributed by atoms with Crippen molar-refractivity contribution < 1.29 is 14.4 Å². The highest BCUT2D eigenvalue weighted by Crippen LogP contribution is 2.36. The van der Waals surface area contributed by atoms with E-state index in [-0.39, 0.29) is 34.1 Å². The number of para-hydroxylation sites is 1. The number of aromatic nitrogens is 2. The zero-order chi connectivity index (χ0) is 27.7. The van der Waals surface area contributed by atoms with Gasteiger partial charge < -0.3 is 21.8 Å². The molecule has 1 aliphatic rings. The number of fused-ring (bicyclic) bond motifs is 1. The van der Waals surface area contributed by atoms with E-state index in [1.165, 1.54) is 4.90 Å². The molecule has 2 heterocycles.